The smallest absolute Gasteiger partial charge is 0.226 e. The van der Waals surface area contributed by atoms with Crippen LogP contribution in [0.5, 0.6) is 0 Å². The summed E-state index contributed by atoms with van der Waals surface area (Å²) in [5, 5.41) is 4.70. The van der Waals surface area contributed by atoms with Gasteiger partial charge in [0.25, 0.3) is 0 Å². The Labute approximate surface area is 92.3 Å². The number of aromatic nitrogens is 3. The van der Waals surface area contributed by atoms with E-state index < -0.39 is 0 Å². The summed E-state index contributed by atoms with van der Waals surface area (Å²) in [5.74, 6) is 0.855. The zero-order chi connectivity index (χ0) is 10.4. The molecule has 78 valence electrons. The molecule has 15 heavy (non-hydrogen) atoms. The molecule has 0 radical (unpaired) electrons. The first-order valence-electron chi connectivity index (χ1n) is 4.99. The first-order valence-corrected chi connectivity index (χ1v) is 5.37. The van der Waals surface area contributed by atoms with E-state index in [2.05, 4.69) is 15.3 Å². The van der Waals surface area contributed by atoms with E-state index in [9.17, 15) is 0 Å². The predicted octanol–water partition coefficient (Wildman–Crippen LogP) is 2.20. The lowest BCUT2D eigenvalue weighted by molar-refractivity contribution is 0.943. The van der Waals surface area contributed by atoms with Gasteiger partial charge in [-0.3, -0.25) is 0 Å². The molecule has 3 rings (SSSR count). The van der Waals surface area contributed by atoms with Crippen LogP contribution in [0.1, 0.15) is 12.8 Å². The van der Waals surface area contributed by atoms with E-state index in [1.807, 2.05) is 23.9 Å². The molecule has 1 aliphatic rings. The van der Waals surface area contributed by atoms with E-state index in [1.165, 1.54) is 12.8 Å². The van der Waals surface area contributed by atoms with Gasteiger partial charge in [-0.15, -0.1) is 0 Å². The van der Waals surface area contributed by atoms with Crippen molar-refractivity contribution < 1.29 is 0 Å². The highest BCUT2D eigenvalue weighted by Gasteiger charge is 2.23. The van der Waals surface area contributed by atoms with Crippen LogP contribution in [0.4, 0.5) is 5.82 Å². The summed E-state index contributed by atoms with van der Waals surface area (Å²) in [6, 6.07) is 2.58. The van der Waals surface area contributed by atoms with Crippen molar-refractivity contribution in [3.8, 4) is 0 Å². The Morgan fingerprint density at radius 2 is 2.27 bits per heavy atom. The van der Waals surface area contributed by atoms with E-state index in [1.54, 1.807) is 0 Å². The Kier molecular flexibility index (Phi) is 1.85. The van der Waals surface area contributed by atoms with Crippen molar-refractivity contribution in [3.05, 3.63) is 17.5 Å². The summed E-state index contributed by atoms with van der Waals surface area (Å²) >= 11 is 5.88. The van der Waals surface area contributed by atoms with Crippen LogP contribution in [0.3, 0.4) is 0 Å². The first kappa shape index (κ1) is 8.97. The van der Waals surface area contributed by atoms with Gasteiger partial charge in [0.2, 0.25) is 5.28 Å². The maximum absolute atomic E-state index is 5.88. The molecular weight excluding hydrogens is 212 g/mol. The van der Waals surface area contributed by atoms with Crippen molar-refractivity contribution in [1.29, 1.82) is 0 Å². The summed E-state index contributed by atoms with van der Waals surface area (Å²) < 4.78 is 1.95. The quantitative estimate of drug-likeness (QED) is 0.793. The standard InChI is InChI=1S/C10H11ClN4/c1-15-5-4-7-8(12-6-2-3-6)13-10(11)14-9(7)15/h4-6H,2-3H2,1H3,(H,12,13,14). The third-order valence-corrected chi connectivity index (χ3v) is 2.78. The maximum atomic E-state index is 5.88. The first-order chi connectivity index (χ1) is 7.24. The van der Waals surface area contributed by atoms with E-state index in [-0.39, 0.29) is 0 Å². The molecule has 0 bridgehead atoms. The number of aryl methyl sites for hydroxylation is 1. The Morgan fingerprint density at radius 1 is 1.47 bits per heavy atom. The normalized spacial score (nSPS) is 15.9. The van der Waals surface area contributed by atoms with E-state index in [0.717, 1.165) is 16.9 Å². The van der Waals surface area contributed by atoms with E-state index >= 15 is 0 Å². The average molecular weight is 223 g/mol. The lowest BCUT2D eigenvalue weighted by Gasteiger charge is -2.05. The Hall–Kier alpha value is -1.29. The molecule has 0 spiro atoms. The van der Waals surface area contributed by atoms with Crippen LogP contribution in [-0.2, 0) is 7.05 Å². The number of anilines is 1. The summed E-state index contributed by atoms with van der Waals surface area (Å²) in [6.45, 7) is 0. The molecule has 5 heteroatoms. The number of halogens is 1. The maximum Gasteiger partial charge on any atom is 0.226 e. The molecular formula is C10H11ClN4. The van der Waals surface area contributed by atoms with Crippen LogP contribution in [-0.4, -0.2) is 20.6 Å². The van der Waals surface area contributed by atoms with Crippen LogP contribution < -0.4 is 5.32 Å². The van der Waals surface area contributed by atoms with Gasteiger partial charge in [0.15, 0.2) is 0 Å². The lowest BCUT2D eigenvalue weighted by Crippen LogP contribution is -2.04. The minimum absolute atomic E-state index is 0.299. The highest BCUT2D eigenvalue weighted by Crippen LogP contribution is 2.28. The zero-order valence-electron chi connectivity index (χ0n) is 8.37. The second-order valence-corrected chi connectivity index (χ2v) is 4.26. The number of nitrogens with zero attached hydrogens (tertiary/aromatic N) is 3. The summed E-state index contributed by atoms with van der Waals surface area (Å²) in [6.07, 6.45) is 4.40. The molecule has 0 aromatic carbocycles. The van der Waals surface area contributed by atoms with Gasteiger partial charge in [0.05, 0.1) is 5.39 Å². The third-order valence-electron chi connectivity index (χ3n) is 2.62. The molecule has 4 nitrogen and oxygen atoms in total. The van der Waals surface area contributed by atoms with Crippen molar-refractivity contribution in [3.63, 3.8) is 0 Å². The molecule has 1 N–H and O–H groups in total. The third kappa shape index (κ3) is 1.55. The van der Waals surface area contributed by atoms with Crippen LogP contribution >= 0.6 is 11.6 Å². The van der Waals surface area contributed by atoms with Crippen LogP contribution in [0.15, 0.2) is 12.3 Å². The van der Waals surface area contributed by atoms with Gasteiger partial charge >= 0.3 is 0 Å². The van der Waals surface area contributed by atoms with Gasteiger partial charge in [-0.05, 0) is 30.5 Å². The summed E-state index contributed by atoms with van der Waals surface area (Å²) in [4.78, 5) is 8.43. The second kappa shape index (κ2) is 3.10. The van der Waals surface area contributed by atoms with Crippen molar-refractivity contribution in [1.82, 2.24) is 14.5 Å². The largest absolute Gasteiger partial charge is 0.367 e. The lowest BCUT2D eigenvalue weighted by atomic mass is 10.4. The monoisotopic (exact) mass is 222 g/mol. The molecule has 1 fully saturated rings. The molecule has 0 unspecified atom stereocenters. The summed E-state index contributed by atoms with van der Waals surface area (Å²) in [5.41, 5.74) is 0.873. The Balaban J connectivity index is 2.16. The van der Waals surface area contributed by atoms with Crippen molar-refractivity contribution in [2.24, 2.45) is 7.05 Å². The fraction of sp³-hybridized carbons (Fsp3) is 0.400. The highest BCUT2D eigenvalue weighted by atomic mass is 35.5. The van der Waals surface area contributed by atoms with Gasteiger partial charge in [0.1, 0.15) is 11.5 Å². The second-order valence-electron chi connectivity index (χ2n) is 3.92. The summed E-state index contributed by atoms with van der Waals surface area (Å²) in [7, 11) is 1.95. The SMILES string of the molecule is Cn1ccc2c(NC3CC3)nc(Cl)nc21. The molecule has 2 aromatic heterocycles. The number of hydrogen-bond acceptors (Lipinski definition) is 3. The predicted molar refractivity (Wildman–Crippen MR) is 60.2 cm³/mol. The molecule has 1 aliphatic carbocycles. The minimum Gasteiger partial charge on any atom is -0.367 e. The fourth-order valence-corrected chi connectivity index (χ4v) is 1.81. The fourth-order valence-electron chi connectivity index (χ4n) is 1.64. The molecule has 0 atom stereocenters. The van der Waals surface area contributed by atoms with Crippen molar-refractivity contribution in [2.75, 3.05) is 5.32 Å². The number of nitrogens with one attached hydrogen (secondary N) is 1. The van der Waals surface area contributed by atoms with Gasteiger partial charge in [0, 0.05) is 19.3 Å². The minimum atomic E-state index is 0.299. The van der Waals surface area contributed by atoms with Gasteiger partial charge in [-0.1, -0.05) is 0 Å². The molecule has 2 aromatic rings. The van der Waals surface area contributed by atoms with Gasteiger partial charge in [-0.25, -0.2) is 4.98 Å². The van der Waals surface area contributed by atoms with Gasteiger partial charge in [-0.2, -0.15) is 4.98 Å². The number of hydrogen-bond donors (Lipinski definition) is 1. The topological polar surface area (TPSA) is 42.7 Å². The van der Waals surface area contributed by atoms with Crippen LogP contribution in [0, 0.1) is 0 Å². The highest BCUT2D eigenvalue weighted by molar-refractivity contribution is 6.28. The molecule has 0 amide bonds. The average Bonchev–Trinajstić information content (AvgIpc) is 2.92. The van der Waals surface area contributed by atoms with E-state index in [0.29, 0.717) is 11.3 Å². The Morgan fingerprint density at radius 3 is 3.00 bits per heavy atom. The molecule has 2 heterocycles. The molecule has 0 saturated heterocycles. The van der Waals surface area contributed by atoms with Gasteiger partial charge < -0.3 is 9.88 Å². The molecule has 0 aliphatic heterocycles. The number of rotatable bonds is 2. The van der Waals surface area contributed by atoms with Crippen molar-refractivity contribution in [2.45, 2.75) is 18.9 Å². The zero-order valence-corrected chi connectivity index (χ0v) is 9.12. The Bertz CT molecular complexity index is 515. The van der Waals surface area contributed by atoms with Crippen LogP contribution in [0.25, 0.3) is 11.0 Å². The number of fused-ring (bicyclic) bond motifs is 1. The van der Waals surface area contributed by atoms with Crippen molar-refractivity contribution >= 4 is 28.5 Å². The van der Waals surface area contributed by atoms with Crippen LogP contribution in [0.2, 0.25) is 5.28 Å². The van der Waals surface area contributed by atoms with E-state index in [4.69, 9.17) is 11.6 Å². The molecule has 1 saturated carbocycles.